The standard InChI is InChI=1S/C12H11BrFN3/c1-15-7-9-4-5-16-12(17-9)10-6-8(14)2-3-11(10)13/h2-6,15H,7H2,1H3. The van der Waals surface area contributed by atoms with E-state index in [1.54, 1.807) is 12.3 Å². The van der Waals surface area contributed by atoms with Crippen molar-refractivity contribution in [3.8, 4) is 11.4 Å². The van der Waals surface area contributed by atoms with Crippen molar-refractivity contribution in [3.63, 3.8) is 0 Å². The van der Waals surface area contributed by atoms with E-state index in [9.17, 15) is 4.39 Å². The van der Waals surface area contributed by atoms with Crippen molar-refractivity contribution in [1.29, 1.82) is 0 Å². The van der Waals surface area contributed by atoms with Crippen molar-refractivity contribution in [3.05, 3.63) is 46.4 Å². The normalized spacial score (nSPS) is 10.5. The summed E-state index contributed by atoms with van der Waals surface area (Å²) in [6.07, 6.45) is 1.67. The van der Waals surface area contributed by atoms with Crippen LogP contribution in [0.4, 0.5) is 4.39 Å². The highest BCUT2D eigenvalue weighted by molar-refractivity contribution is 9.10. The zero-order valence-corrected chi connectivity index (χ0v) is 10.8. The maximum Gasteiger partial charge on any atom is 0.160 e. The first kappa shape index (κ1) is 12.1. The summed E-state index contributed by atoms with van der Waals surface area (Å²) in [6, 6.07) is 6.29. The van der Waals surface area contributed by atoms with Gasteiger partial charge >= 0.3 is 0 Å². The van der Waals surface area contributed by atoms with E-state index in [0.717, 1.165) is 10.2 Å². The molecule has 1 aromatic carbocycles. The van der Waals surface area contributed by atoms with E-state index in [0.29, 0.717) is 17.9 Å². The quantitative estimate of drug-likeness (QED) is 0.946. The van der Waals surface area contributed by atoms with E-state index in [-0.39, 0.29) is 5.82 Å². The summed E-state index contributed by atoms with van der Waals surface area (Å²) in [7, 11) is 1.85. The van der Waals surface area contributed by atoms with Gasteiger partial charge in [-0.05, 0) is 31.3 Å². The number of halogens is 2. The molecule has 5 heteroatoms. The van der Waals surface area contributed by atoms with Crippen LogP contribution in [0, 0.1) is 5.82 Å². The summed E-state index contributed by atoms with van der Waals surface area (Å²) in [5, 5.41) is 3.01. The molecule has 1 aromatic heterocycles. The molecule has 1 N–H and O–H groups in total. The van der Waals surface area contributed by atoms with Crippen LogP contribution in [-0.2, 0) is 6.54 Å². The molecule has 0 aliphatic carbocycles. The van der Waals surface area contributed by atoms with Gasteiger partial charge in [-0.15, -0.1) is 0 Å². The minimum atomic E-state index is -0.300. The SMILES string of the molecule is CNCc1ccnc(-c2cc(F)ccc2Br)n1. The van der Waals surface area contributed by atoms with Crippen molar-refractivity contribution in [2.24, 2.45) is 0 Å². The molecular weight excluding hydrogens is 285 g/mol. The van der Waals surface area contributed by atoms with Gasteiger partial charge < -0.3 is 5.32 Å². The molecule has 0 bridgehead atoms. The van der Waals surface area contributed by atoms with Crippen molar-refractivity contribution in [1.82, 2.24) is 15.3 Å². The Bertz CT molecular complexity index is 531. The number of benzene rings is 1. The van der Waals surface area contributed by atoms with Gasteiger partial charge in [-0.25, -0.2) is 14.4 Å². The molecule has 0 unspecified atom stereocenters. The number of nitrogens with zero attached hydrogens (tertiary/aromatic N) is 2. The highest BCUT2D eigenvalue weighted by Gasteiger charge is 2.08. The summed E-state index contributed by atoms with van der Waals surface area (Å²) in [5.74, 6) is 0.218. The van der Waals surface area contributed by atoms with E-state index in [2.05, 4.69) is 31.2 Å². The lowest BCUT2D eigenvalue weighted by atomic mass is 10.2. The summed E-state index contributed by atoms with van der Waals surface area (Å²) in [6.45, 7) is 0.655. The third kappa shape index (κ3) is 2.87. The van der Waals surface area contributed by atoms with E-state index in [1.165, 1.54) is 12.1 Å². The fourth-order valence-corrected chi connectivity index (χ4v) is 1.90. The highest BCUT2D eigenvalue weighted by atomic mass is 79.9. The van der Waals surface area contributed by atoms with Crippen LogP contribution in [0.1, 0.15) is 5.69 Å². The molecule has 0 spiro atoms. The second kappa shape index (κ2) is 5.33. The van der Waals surface area contributed by atoms with Crippen LogP contribution in [-0.4, -0.2) is 17.0 Å². The molecule has 0 aliphatic heterocycles. The predicted octanol–water partition coefficient (Wildman–Crippen LogP) is 2.76. The molecule has 0 saturated carbocycles. The van der Waals surface area contributed by atoms with E-state index in [1.807, 2.05) is 13.1 Å². The fourth-order valence-electron chi connectivity index (χ4n) is 1.47. The molecule has 17 heavy (non-hydrogen) atoms. The van der Waals surface area contributed by atoms with Crippen molar-refractivity contribution in [2.45, 2.75) is 6.54 Å². The molecule has 0 radical (unpaired) electrons. The summed E-state index contributed by atoms with van der Waals surface area (Å²) in [4.78, 5) is 8.52. The van der Waals surface area contributed by atoms with Crippen LogP contribution in [0.5, 0.6) is 0 Å². The molecule has 0 fully saturated rings. The highest BCUT2D eigenvalue weighted by Crippen LogP contribution is 2.26. The molecule has 0 saturated heterocycles. The molecule has 2 aromatic rings. The molecule has 2 rings (SSSR count). The molecule has 0 aliphatic rings. The smallest absolute Gasteiger partial charge is 0.160 e. The van der Waals surface area contributed by atoms with E-state index < -0.39 is 0 Å². The largest absolute Gasteiger partial charge is 0.314 e. The Kier molecular flexibility index (Phi) is 3.81. The van der Waals surface area contributed by atoms with Crippen molar-refractivity contribution >= 4 is 15.9 Å². The van der Waals surface area contributed by atoms with Gasteiger partial charge in [0.2, 0.25) is 0 Å². The first-order valence-corrected chi connectivity index (χ1v) is 5.92. The van der Waals surface area contributed by atoms with Gasteiger partial charge in [0.05, 0.1) is 5.69 Å². The lowest BCUT2D eigenvalue weighted by Crippen LogP contribution is -2.07. The van der Waals surface area contributed by atoms with Crippen LogP contribution in [0.2, 0.25) is 0 Å². The number of hydrogen-bond acceptors (Lipinski definition) is 3. The lowest BCUT2D eigenvalue weighted by molar-refractivity contribution is 0.628. The Labute approximate surface area is 107 Å². The lowest BCUT2D eigenvalue weighted by Gasteiger charge is -2.05. The Morgan fingerprint density at radius 3 is 2.94 bits per heavy atom. The molecule has 0 atom stereocenters. The van der Waals surface area contributed by atoms with Gasteiger partial charge in [-0.3, -0.25) is 0 Å². The third-order valence-corrected chi connectivity index (χ3v) is 2.93. The predicted molar refractivity (Wildman–Crippen MR) is 67.9 cm³/mol. The van der Waals surface area contributed by atoms with Gasteiger partial charge in [0.15, 0.2) is 5.82 Å². The first-order valence-electron chi connectivity index (χ1n) is 5.12. The number of aromatic nitrogens is 2. The Morgan fingerprint density at radius 2 is 2.18 bits per heavy atom. The van der Waals surface area contributed by atoms with E-state index >= 15 is 0 Å². The second-order valence-electron chi connectivity index (χ2n) is 3.53. The van der Waals surface area contributed by atoms with Crippen LogP contribution < -0.4 is 5.32 Å². The average molecular weight is 296 g/mol. The zero-order valence-electron chi connectivity index (χ0n) is 9.24. The molecular formula is C12H11BrFN3. The average Bonchev–Trinajstić information content (AvgIpc) is 2.33. The van der Waals surface area contributed by atoms with Crippen LogP contribution >= 0.6 is 15.9 Å². The summed E-state index contributed by atoms with van der Waals surface area (Å²) < 4.78 is 14.0. The molecule has 88 valence electrons. The monoisotopic (exact) mass is 295 g/mol. The second-order valence-corrected chi connectivity index (χ2v) is 4.38. The van der Waals surface area contributed by atoms with Crippen LogP contribution in [0.25, 0.3) is 11.4 Å². The molecule has 1 heterocycles. The topological polar surface area (TPSA) is 37.8 Å². The Morgan fingerprint density at radius 1 is 1.35 bits per heavy atom. The minimum Gasteiger partial charge on any atom is -0.314 e. The molecule has 3 nitrogen and oxygen atoms in total. The van der Waals surface area contributed by atoms with Crippen LogP contribution in [0.15, 0.2) is 34.9 Å². The van der Waals surface area contributed by atoms with Gasteiger partial charge in [0.25, 0.3) is 0 Å². The zero-order chi connectivity index (χ0) is 12.3. The third-order valence-electron chi connectivity index (χ3n) is 2.24. The number of hydrogen-bond donors (Lipinski definition) is 1. The summed E-state index contributed by atoms with van der Waals surface area (Å²) >= 11 is 3.37. The number of rotatable bonds is 3. The fraction of sp³-hybridized carbons (Fsp3) is 0.167. The summed E-state index contributed by atoms with van der Waals surface area (Å²) in [5.41, 5.74) is 1.52. The van der Waals surface area contributed by atoms with Gasteiger partial charge in [0, 0.05) is 22.8 Å². The van der Waals surface area contributed by atoms with Gasteiger partial charge in [-0.1, -0.05) is 15.9 Å². The van der Waals surface area contributed by atoms with Gasteiger partial charge in [0.1, 0.15) is 5.82 Å². The first-order chi connectivity index (χ1) is 8.20. The molecule has 0 amide bonds. The van der Waals surface area contributed by atoms with Gasteiger partial charge in [-0.2, -0.15) is 0 Å². The maximum absolute atomic E-state index is 13.2. The Balaban J connectivity index is 2.45. The Hall–Kier alpha value is -1.33. The maximum atomic E-state index is 13.2. The van der Waals surface area contributed by atoms with Crippen molar-refractivity contribution < 1.29 is 4.39 Å². The van der Waals surface area contributed by atoms with E-state index in [4.69, 9.17) is 0 Å². The number of nitrogens with one attached hydrogen (secondary N) is 1. The van der Waals surface area contributed by atoms with Crippen LogP contribution in [0.3, 0.4) is 0 Å². The van der Waals surface area contributed by atoms with Crippen molar-refractivity contribution in [2.75, 3.05) is 7.05 Å². The minimum absolute atomic E-state index is 0.300.